The number of hydrogen-bond donors (Lipinski definition) is 0. The van der Waals surface area contributed by atoms with Crippen LogP contribution in [-0.2, 0) is 13.1 Å². The molecule has 1 aliphatic heterocycles. The summed E-state index contributed by atoms with van der Waals surface area (Å²) in [5.74, 6) is 0.802. The van der Waals surface area contributed by atoms with Gasteiger partial charge in [-0.3, -0.25) is 0 Å². The lowest BCUT2D eigenvalue weighted by atomic mass is 10.0. The highest BCUT2D eigenvalue weighted by atomic mass is 32.2. The second kappa shape index (κ2) is 6.43. The molecule has 1 aliphatic rings. The van der Waals surface area contributed by atoms with Crippen molar-refractivity contribution in [3.63, 3.8) is 0 Å². The summed E-state index contributed by atoms with van der Waals surface area (Å²) in [6.07, 6.45) is 4.12. The monoisotopic (exact) mass is 359 g/mol. The van der Waals surface area contributed by atoms with Gasteiger partial charge < -0.3 is 4.57 Å². The van der Waals surface area contributed by atoms with Crippen molar-refractivity contribution in [2.45, 2.75) is 18.0 Å². The van der Waals surface area contributed by atoms with Crippen LogP contribution in [0.15, 0.2) is 41.3 Å². The van der Waals surface area contributed by atoms with Crippen molar-refractivity contribution in [2.75, 3.05) is 19.1 Å². The number of nitrogens with zero attached hydrogens (tertiary/aromatic N) is 3. The number of benzene rings is 2. The van der Waals surface area contributed by atoms with Gasteiger partial charge in [0.1, 0.15) is 11.6 Å². The fraction of sp³-hybridized carbons (Fsp3) is 0.278. The van der Waals surface area contributed by atoms with E-state index in [-0.39, 0.29) is 5.82 Å². The van der Waals surface area contributed by atoms with E-state index in [9.17, 15) is 4.39 Å². The van der Waals surface area contributed by atoms with Crippen LogP contribution in [0.2, 0.25) is 0 Å². The first-order valence-electron chi connectivity index (χ1n) is 7.81. The summed E-state index contributed by atoms with van der Waals surface area (Å²) in [7, 11) is 0. The van der Waals surface area contributed by atoms with Crippen molar-refractivity contribution in [2.24, 2.45) is 0 Å². The van der Waals surface area contributed by atoms with Crippen LogP contribution in [0.5, 0.6) is 0 Å². The highest BCUT2D eigenvalue weighted by molar-refractivity contribution is 7.98. The number of fused-ring (bicyclic) bond motifs is 3. The van der Waals surface area contributed by atoms with Crippen LogP contribution in [0.1, 0.15) is 5.82 Å². The molecule has 24 heavy (non-hydrogen) atoms. The van der Waals surface area contributed by atoms with Gasteiger partial charge in [0.2, 0.25) is 0 Å². The van der Waals surface area contributed by atoms with Crippen LogP contribution in [0, 0.1) is 5.82 Å². The molecule has 0 spiro atoms. The van der Waals surface area contributed by atoms with E-state index in [4.69, 9.17) is 0 Å². The number of thioether (sulfide) groups is 1. The highest BCUT2D eigenvalue weighted by Crippen LogP contribution is 2.31. The van der Waals surface area contributed by atoms with Gasteiger partial charge in [0.25, 0.3) is 0 Å². The SMILES string of the molecule is CSc1ccc(-c2cc3c(cc2F)nc2n3CCN(SC)C2)cc1. The van der Waals surface area contributed by atoms with Crippen LogP contribution in [0.4, 0.5) is 4.39 Å². The van der Waals surface area contributed by atoms with Gasteiger partial charge in [0.15, 0.2) is 0 Å². The molecule has 0 amide bonds. The van der Waals surface area contributed by atoms with Gasteiger partial charge in [-0.15, -0.1) is 11.8 Å². The Labute approximate surface area is 149 Å². The molecule has 1 aromatic heterocycles. The molecule has 0 unspecified atom stereocenters. The van der Waals surface area contributed by atoms with Crippen molar-refractivity contribution in [1.82, 2.24) is 13.9 Å². The Bertz CT molecular complexity index is 889. The van der Waals surface area contributed by atoms with Crippen molar-refractivity contribution < 1.29 is 4.39 Å². The van der Waals surface area contributed by atoms with Crippen molar-refractivity contribution in [1.29, 1.82) is 0 Å². The summed E-state index contributed by atoms with van der Waals surface area (Å²) in [5.41, 5.74) is 3.32. The molecule has 0 N–H and O–H groups in total. The Morgan fingerprint density at radius 1 is 1.08 bits per heavy atom. The van der Waals surface area contributed by atoms with Gasteiger partial charge in [-0.1, -0.05) is 24.1 Å². The van der Waals surface area contributed by atoms with Gasteiger partial charge in [-0.2, -0.15) is 0 Å². The van der Waals surface area contributed by atoms with E-state index in [1.54, 1.807) is 29.8 Å². The molecule has 4 rings (SSSR count). The summed E-state index contributed by atoms with van der Waals surface area (Å²) < 4.78 is 19.1. The molecule has 0 saturated heterocycles. The van der Waals surface area contributed by atoms with E-state index in [0.29, 0.717) is 5.56 Å². The molecule has 3 nitrogen and oxygen atoms in total. The minimum absolute atomic E-state index is 0.212. The average molecular weight is 359 g/mol. The normalized spacial score (nSPS) is 15.0. The van der Waals surface area contributed by atoms with Crippen molar-refractivity contribution >= 4 is 34.7 Å². The zero-order valence-corrected chi connectivity index (χ0v) is 15.3. The minimum Gasteiger partial charge on any atom is -0.326 e. The summed E-state index contributed by atoms with van der Waals surface area (Å²) in [4.78, 5) is 5.82. The molecule has 0 atom stereocenters. The zero-order valence-electron chi connectivity index (χ0n) is 13.6. The van der Waals surface area contributed by atoms with Gasteiger partial charge in [-0.05, 0) is 36.3 Å². The molecule has 0 bridgehead atoms. The predicted octanol–water partition coefficient (Wildman–Crippen LogP) is 4.66. The van der Waals surface area contributed by atoms with E-state index in [1.807, 2.05) is 36.6 Å². The Morgan fingerprint density at radius 2 is 1.88 bits per heavy atom. The Hall–Kier alpha value is -1.50. The molecule has 0 fully saturated rings. The van der Waals surface area contributed by atoms with Crippen molar-refractivity contribution in [3.8, 4) is 11.1 Å². The lowest BCUT2D eigenvalue weighted by molar-refractivity contribution is 0.374. The molecule has 0 saturated carbocycles. The lowest BCUT2D eigenvalue weighted by Crippen LogP contribution is -2.28. The molecule has 6 heteroatoms. The van der Waals surface area contributed by atoms with Crippen molar-refractivity contribution in [3.05, 3.63) is 48.0 Å². The van der Waals surface area contributed by atoms with Crippen LogP contribution in [0.25, 0.3) is 22.2 Å². The molecule has 124 valence electrons. The second-order valence-corrected chi connectivity index (χ2v) is 7.54. The standard InChI is InChI=1S/C18H18FN3S2/c1-23-13-5-3-12(4-6-13)14-9-17-16(10-15(14)19)20-18-11-21(24-2)7-8-22(17)18/h3-6,9-10H,7-8,11H2,1-2H3. The lowest BCUT2D eigenvalue weighted by Gasteiger charge is -2.25. The molecular weight excluding hydrogens is 341 g/mol. The van der Waals surface area contributed by atoms with E-state index in [2.05, 4.69) is 20.1 Å². The molecule has 2 aromatic carbocycles. The zero-order chi connectivity index (χ0) is 16.7. The first-order valence-corrected chi connectivity index (χ1v) is 10.2. The molecule has 3 aromatic rings. The fourth-order valence-electron chi connectivity index (χ4n) is 3.16. The van der Waals surface area contributed by atoms with Crippen LogP contribution in [0.3, 0.4) is 0 Å². The van der Waals surface area contributed by atoms with E-state index < -0.39 is 0 Å². The maximum atomic E-state index is 14.6. The molecule has 0 radical (unpaired) electrons. The van der Waals surface area contributed by atoms with Crippen LogP contribution >= 0.6 is 23.7 Å². The maximum absolute atomic E-state index is 14.6. The summed E-state index contributed by atoms with van der Waals surface area (Å²) in [6.45, 7) is 2.67. The number of imidazole rings is 1. The number of rotatable bonds is 3. The number of aromatic nitrogens is 2. The third-order valence-electron chi connectivity index (χ3n) is 4.47. The third-order valence-corrected chi connectivity index (χ3v) is 6.04. The third kappa shape index (κ3) is 2.72. The minimum atomic E-state index is -0.212. The molecular formula is C18H18FN3S2. The summed E-state index contributed by atoms with van der Waals surface area (Å²) in [5, 5.41) is 0. The van der Waals surface area contributed by atoms with Gasteiger partial charge >= 0.3 is 0 Å². The number of halogens is 1. The number of hydrogen-bond acceptors (Lipinski definition) is 4. The van der Waals surface area contributed by atoms with E-state index >= 15 is 0 Å². The first kappa shape index (κ1) is 16.0. The average Bonchev–Trinajstić information content (AvgIpc) is 2.97. The topological polar surface area (TPSA) is 21.1 Å². The second-order valence-electron chi connectivity index (χ2n) is 5.78. The smallest absolute Gasteiger partial charge is 0.133 e. The van der Waals surface area contributed by atoms with E-state index in [1.165, 1.54) is 4.90 Å². The quantitative estimate of drug-likeness (QED) is 0.501. The summed E-state index contributed by atoms with van der Waals surface area (Å²) in [6, 6.07) is 11.6. The van der Waals surface area contributed by atoms with Gasteiger partial charge in [-0.25, -0.2) is 13.7 Å². The fourth-order valence-corrected chi connectivity index (χ4v) is 4.08. The largest absolute Gasteiger partial charge is 0.326 e. The highest BCUT2D eigenvalue weighted by Gasteiger charge is 2.21. The maximum Gasteiger partial charge on any atom is 0.133 e. The Kier molecular flexibility index (Phi) is 4.28. The van der Waals surface area contributed by atoms with Crippen LogP contribution < -0.4 is 0 Å². The Balaban J connectivity index is 1.81. The van der Waals surface area contributed by atoms with Gasteiger partial charge in [0, 0.05) is 29.6 Å². The molecule has 2 heterocycles. The summed E-state index contributed by atoms with van der Waals surface area (Å²) >= 11 is 3.42. The first-order chi connectivity index (χ1) is 11.7. The predicted molar refractivity (Wildman–Crippen MR) is 101 cm³/mol. The molecule has 0 aliphatic carbocycles. The van der Waals surface area contributed by atoms with E-state index in [0.717, 1.165) is 42.1 Å². The van der Waals surface area contributed by atoms with Gasteiger partial charge in [0.05, 0.1) is 17.6 Å². The Morgan fingerprint density at radius 3 is 2.58 bits per heavy atom. The van der Waals surface area contributed by atoms with Crippen LogP contribution in [-0.4, -0.2) is 32.9 Å².